The van der Waals surface area contributed by atoms with Crippen molar-refractivity contribution in [2.45, 2.75) is 44.6 Å². The zero-order valence-corrected chi connectivity index (χ0v) is 11.7. The maximum atomic E-state index is 12.1. The van der Waals surface area contributed by atoms with Crippen molar-refractivity contribution in [3.05, 3.63) is 0 Å². The van der Waals surface area contributed by atoms with Crippen LogP contribution in [0.15, 0.2) is 0 Å². The number of carboxylic acid groups (broad SMARTS) is 1. The highest BCUT2D eigenvalue weighted by atomic mass is 16.4. The van der Waals surface area contributed by atoms with Crippen LogP contribution in [0, 0.1) is 0 Å². The third kappa shape index (κ3) is 5.92. The van der Waals surface area contributed by atoms with E-state index in [1.54, 1.807) is 0 Å². The van der Waals surface area contributed by atoms with Gasteiger partial charge < -0.3 is 20.6 Å². The molecule has 3 N–H and O–H groups in total. The van der Waals surface area contributed by atoms with Crippen molar-refractivity contribution in [3.8, 4) is 0 Å². The van der Waals surface area contributed by atoms with Crippen LogP contribution in [0.25, 0.3) is 0 Å². The number of carbonyl (C=O) groups excluding carboxylic acids is 1. The molecule has 1 rings (SSSR count). The van der Waals surface area contributed by atoms with Crippen LogP contribution >= 0.6 is 0 Å². The molecule has 110 valence electrons. The fourth-order valence-corrected chi connectivity index (χ4v) is 2.42. The molecule has 1 saturated heterocycles. The van der Waals surface area contributed by atoms with E-state index in [-0.39, 0.29) is 18.5 Å². The minimum Gasteiger partial charge on any atom is -0.481 e. The minimum absolute atomic E-state index is 0.0498. The second-order valence-electron chi connectivity index (χ2n) is 4.96. The van der Waals surface area contributed by atoms with Crippen LogP contribution in [0.1, 0.15) is 38.5 Å². The monoisotopic (exact) mass is 271 g/mol. The number of hydrogen-bond acceptors (Lipinski definition) is 3. The number of nitrogens with zero attached hydrogens (tertiary/aromatic N) is 1. The van der Waals surface area contributed by atoms with Gasteiger partial charge in [-0.2, -0.15) is 0 Å². The molecular formula is C13H25N3O3. The Kier molecular flexibility index (Phi) is 7.25. The molecule has 6 heteroatoms. The van der Waals surface area contributed by atoms with E-state index >= 15 is 0 Å². The maximum absolute atomic E-state index is 12.1. The lowest BCUT2D eigenvalue weighted by Crippen LogP contribution is -2.49. The van der Waals surface area contributed by atoms with Gasteiger partial charge in [-0.1, -0.05) is 0 Å². The van der Waals surface area contributed by atoms with Crippen LogP contribution in [0.2, 0.25) is 0 Å². The summed E-state index contributed by atoms with van der Waals surface area (Å²) in [5, 5.41) is 14.7. The number of likely N-dealkylation sites (tertiary alicyclic amines) is 1. The van der Waals surface area contributed by atoms with Gasteiger partial charge in [0.25, 0.3) is 0 Å². The van der Waals surface area contributed by atoms with Crippen LogP contribution in [0.5, 0.6) is 0 Å². The van der Waals surface area contributed by atoms with Crippen molar-refractivity contribution in [1.82, 2.24) is 15.5 Å². The predicted molar refractivity (Wildman–Crippen MR) is 73.2 cm³/mol. The molecular weight excluding hydrogens is 246 g/mol. The third-order valence-corrected chi connectivity index (χ3v) is 3.46. The highest BCUT2D eigenvalue weighted by molar-refractivity contribution is 5.74. The first-order valence-corrected chi connectivity index (χ1v) is 7.06. The Morgan fingerprint density at radius 3 is 2.79 bits per heavy atom. The quantitative estimate of drug-likeness (QED) is 0.604. The summed E-state index contributed by atoms with van der Waals surface area (Å²) in [6, 6.07) is 0.0281. The first-order chi connectivity index (χ1) is 9.15. The van der Waals surface area contributed by atoms with Crippen molar-refractivity contribution < 1.29 is 14.7 Å². The molecule has 2 amide bonds. The van der Waals surface area contributed by atoms with Gasteiger partial charge in [0, 0.05) is 25.6 Å². The minimum atomic E-state index is -0.792. The van der Waals surface area contributed by atoms with E-state index in [4.69, 9.17) is 5.11 Å². The van der Waals surface area contributed by atoms with Crippen LogP contribution in [0.3, 0.4) is 0 Å². The van der Waals surface area contributed by atoms with E-state index in [0.29, 0.717) is 13.0 Å². The Balaban J connectivity index is 2.37. The van der Waals surface area contributed by atoms with Crippen molar-refractivity contribution >= 4 is 12.0 Å². The highest BCUT2D eigenvalue weighted by Crippen LogP contribution is 2.20. The average Bonchev–Trinajstić information content (AvgIpc) is 2.41. The summed E-state index contributed by atoms with van der Waals surface area (Å²) in [7, 11) is 1.88. The molecule has 0 radical (unpaired) electrons. The summed E-state index contributed by atoms with van der Waals surface area (Å²) in [6.45, 7) is 2.27. The van der Waals surface area contributed by atoms with Gasteiger partial charge in [0.05, 0.1) is 0 Å². The average molecular weight is 271 g/mol. The number of hydrogen-bond donors (Lipinski definition) is 3. The van der Waals surface area contributed by atoms with Gasteiger partial charge in [0.15, 0.2) is 0 Å². The molecule has 6 nitrogen and oxygen atoms in total. The fourth-order valence-electron chi connectivity index (χ4n) is 2.42. The lowest BCUT2D eigenvalue weighted by Gasteiger charge is -2.35. The number of carboxylic acids is 1. The van der Waals surface area contributed by atoms with E-state index in [1.807, 2.05) is 11.9 Å². The van der Waals surface area contributed by atoms with Gasteiger partial charge in [-0.25, -0.2) is 4.79 Å². The van der Waals surface area contributed by atoms with Crippen molar-refractivity contribution in [3.63, 3.8) is 0 Å². The van der Waals surface area contributed by atoms with Gasteiger partial charge in [-0.15, -0.1) is 0 Å². The van der Waals surface area contributed by atoms with E-state index in [0.717, 1.165) is 38.8 Å². The summed E-state index contributed by atoms with van der Waals surface area (Å²) in [4.78, 5) is 24.5. The molecule has 1 fully saturated rings. The highest BCUT2D eigenvalue weighted by Gasteiger charge is 2.26. The number of aliphatic carboxylic acids is 1. The Hall–Kier alpha value is -1.30. The van der Waals surface area contributed by atoms with Crippen molar-refractivity contribution in [2.24, 2.45) is 0 Å². The number of nitrogens with one attached hydrogen (secondary N) is 2. The Morgan fingerprint density at radius 1 is 1.32 bits per heavy atom. The van der Waals surface area contributed by atoms with E-state index < -0.39 is 5.97 Å². The molecule has 1 unspecified atom stereocenters. The number of rotatable bonds is 7. The second kappa shape index (κ2) is 8.74. The predicted octanol–water partition coefficient (Wildman–Crippen LogP) is 1.02. The molecule has 0 aliphatic carbocycles. The molecule has 0 aromatic carbocycles. The maximum Gasteiger partial charge on any atom is 0.317 e. The molecule has 1 atom stereocenters. The smallest absolute Gasteiger partial charge is 0.317 e. The zero-order valence-electron chi connectivity index (χ0n) is 11.7. The summed E-state index contributed by atoms with van der Waals surface area (Å²) >= 11 is 0. The molecule has 0 aromatic rings. The third-order valence-electron chi connectivity index (χ3n) is 3.46. The first-order valence-electron chi connectivity index (χ1n) is 7.06. The lowest BCUT2D eigenvalue weighted by molar-refractivity contribution is -0.137. The van der Waals surface area contributed by atoms with Crippen LogP contribution in [0.4, 0.5) is 4.79 Å². The van der Waals surface area contributed by atoms with Gasteiger partial charge in [0.1, 0.15) is 0 Å². The standard InChI is InChI=1S/C13H25N3O3/c1-14-8-4-9-15-13(19)16-10-3-2-5-11(16)6-7-12(17)18/h11,14H,2-10H2,1H3,(H,15,19)(H,17,18). The molecule has 0 bridgehead atoms. The summed E-state index contributed by atoms with van der Waals surface area (Å²) in [5.74, 6) is -0.792. The molecule has 1 aliphatic rings. The summed E-state index contributed by atoms with van der Waals surface area (Å²) in [6.07, 6.45) is 4.59. The number of amides is 2. The topological polar surface area (TPSA) is 81.7 Å². The Morgan fingerprint density at radius 2 is 2.11 bits per heavy atom. The van der Waals surface area contributed by atoms with Gasteiger partial charge >= 0.3 is 12.0 Å². The van der Waals surface area contributed by atoms with E-state index in [2.05, 4.69) is 10.6 Å². The summed E-state index contributed by atoms with van der Waals surface area (Å²) in [5.41, 5.74) is 0. The van der Waals surface area contributed by atoms with Crippen molar-refractivity contribution in [2.75, 3.05) is 26.7 Å². The lowest BCUT2D eigenvalue weighted by atomic mass is 9.98. The number of urea groups is 1. The van der Waals surface area contributed by atoms with E-state index in [9.17, 15) is 9.59 Å². The van der Waals surface area contributed by atoms with Gasteiger partial charge in [-0.05, 0) is 45.7 Å². The molecule has 19 heavy (non-hydrogen) atoms. The van der Waals surface area contributed by atoms with Crippen molar-refractivity contribution in [1.29, 1.82) is 0 Å². The van der Waals surface area contributed by atoms with Gasteiger partial charge in [-0.3, -0.25) is 4.79 Å². The van der Waals surface area contributed by atoms with Crippen LogP contribution < -0.4 is 10.6 Å². The molecule has 1 heterocycles. The molecule has 1 aliphatic heterocycles. The Bertz CT molecular complexity index is 297. The van der Waals surface area contributed by atoms with Crippen LogP contribution in [-0.4, -0.2) is 54.7 Å². The molecule has 0 saturated carbocycles. The second-order valence-corrected chi connectivity index (χ2v) is 4.96. The molecule has 0 aromatic heterocycles. The molecule has 0 spiro atoms. The first kappa shape index (κ1) is 15.8. The normalized spacial score (nSPS) is 19.2. The zero-order chi connectivity index (χ0) is 14.1. The largest absolute Gasteiger partial charge is 0.481 e. The fraction of sp³-hybridized carbons (Fsp3) is 0.846. The summed E-state index contributed by atoms with van der Waals surface area (Å²) < 4.78 is 0. The van der Waals surface area contributed by atoms with Crippen LogP contribution in [-0.2, 0) is 4.79 Å². The SMILES string of the molecule is CNCCCNC(=O)N1CCCCC1CCC(=O)O. The van der Waals surface area contributed by atoms with E-state index in [1.165, 1.54) is 0 Å². The Labute approximate surface area is 114 Å². The number of carbonyl (C=O) groups is 2. The number of piperidine rings is 1. The van der Waals surface area contributed by atoms with Gasteiger partial charge in [0.2, 0.25) is 0 Å².